The van der Waals surface area contributed by atoms with Gasteiger partial charge in [0.15, 0.2) is 0 Å². The molecule has 136 valence electrons. The second kappa shape index (κ2) is 8.09. The fraction of sp³-hybridized carbons (Fsp3) is 0.333. The molecule has 1 amide bonds. The SMILES string of the molecule is CCCc1cc(=O)n2nc(NCCc3ccc(NC(C)=O)cc3)sc2n1. The van der Waals surface area contributed by atoms with Crippen molar-refractivity contribution in [2.45, 2.75) is 33.1 Å². The number of aryl methyl sites for hydroxylation is 1. The first-order chi connectivity index (χ1) is 12.5. The summed E-state index contributed by atoms with van der Waals surface area (Å²) < 4.78 is 1.34. The van der Waals surface area contributed by atoms with Crippen LogP contribution in [0.15, 0.2) is 35.1 Å². The molecule has 2 heterocycles. The molecule has 0 saturated heterocycles. The van der Waals surface area contributed by atoms with E-state index < -0.39 is 0 Å². The first-order valence-corrected chi connectivity index (χ1v) is 9.37. The van der Waals surface area contributed by atoms with Crippen LogP contribution in [0.4, 0.5) is 10.8 Å². The molecule has 0 fully saturated rings. The number of benzene rings is 1. The summed E-state index contributed by atoms with van der Waals surface area (Å²) in [5.74, 6) is -0.0822. The standard InChI is InChI=1S/C18H21N5O2S/c1-3-4-15-11-16(25)23-18(21-15)26-17(22-23)19-10-9-13-5-7-14(8-6-13)20-12(2)24/h5-8,11H,3-4,9-10H2,1-2H3,(H,19,22)(H,20,24). The summed E-state index contributed by atoms with van der Waals surface area (Å²) in [7, 11) is 0. The van der Waals surface area contributed by atoms with Gasteiger partial charge in [-0.05, 0) is 30.5 Å². The second-order valence-corrected chi connectivity index (χ2v) is 6.95. The van der Waals surface area contributed by atoms with Crippen molar-refractivity contribution in [3.63, 3.8) is 0 Å². The largest absolute Gasteiger partial charge is 0.360 e. The van der Waals surface area contributed by atoms with Gasteiger partial charge in [-0.15, -0.1) is 5.10 Å². The molecule has 1 aromatic carbocycles. The van der Waals surface area contributed by atoms with Gasteiger partial charge in [-0.3, -0.25) is 9.59 Å². The lowest BCUT2D eigenvalue weighted by molar-refractivity contribution is -0.114. The predicted molar refractivity (Wildman–Crippen MR) is 104 cm³/mol. The summed E-state index contributed by atoms with van der Waals surface area (Å²) in [5.41, 5.74) is 2.60. The van der Waals surface area contributed by atoms with Gasteiger partial charge in [-0.25, -0.2) is 4.98 Å². The Bertz CT molecular complexity index is 962. The van der Waals surface area contributed by atoms with Gasteiger partial charge in [-0.2, -0.15) is 4.52 Å². The fourth-order valence-electron chi connectivity index (χ4n) is 2.58. The minimum Gasteiger partial charge on any atom is -0.360 e. The summed E-state index contributed by atoms with van der Waals surface area (Å²) in [6.07, 6.45) is 2.55. The molecule has 0 spiro atoms. The molecular weight excluding hydrogens is 350 g/mol. The Kier molecular flexibility index (Phi) is 5.62. The zero-order chi connectivity index (χ0) is 18.5. The van der Waals surface area contributed by atoms with E-state index >= 15 is 0 Å². The van der Waals surface area contributed by atoms with E-state index in [-0.39, 0.29) is 11.5 Å². The van der Waals surface area contributed by atoms with Crippen LogP contribution in [0.25, 0.3) is 4.96 Å². The third-order valence-electron chi connectivity index (χ3n) is 3.77. The number of anilines is 2. The minimum atomic E-state index is -0.142. The van der Waals surface area contributed by atoms with E-state index in [1.54, 1.807) is 6.07 Å². The molecule has 0 unspecified atom stereocenters. The van der Waals surface area contributed by atoms with Gasteiger partial charge in [-0.1, -0.05) is 36.8 Å². The van der Waals surface area contributed by atoms with Crippen LogP contribution >= 0.6 is 11.3 Å². The average Bonchev–Trinajstić information content (AvgIpc) is 3.00. The Labute approximate surface area is 155 Å². The van der Waals surface area contributed by atoms with Crippen molar-refractivity contribution in [2.24, 2.45) is 0 Å². The highest BCUT2D eigenvalue weighted by molar-refractivity contribution is 7.20. The zero-order valence-corrected chi connectivity index (χ0v) is 15.6. The molecule has 26 heavy (non-hydrogen) atoms. The summed E-state index contributed by atoms with van der Waals surface area (Å²) in [6.45, 7) is 4.24. The van der Waals surface area contributed by atoms with Crippen LogP contribution in [-0.2, 0) is 17.6 Å². The van der Waals surface area contributed by atoms with E-state index in [4.69, 9.17) is 0 Å². The molecule has 0 aliphatic rings. The van der Waals surface area contributed by atoms with Crippen LogP contribution in [0.5, 0.6) is 0 Å². The molecule has 0 saturated carbocycles. The molecule has 3 rings (SSSR count). The van der Waals surface area contributed by atoms with Crippen molar-refractivity contribution >= 4 is 33.0 Å². The Hall–Kier alpha value is -2.74. The maximum absolute atomic E-state index is 12.1. The number of fused-ring (bicyclic) bond motifs is 1. The maximum Gasteiger partial charge on any atom is 0.275 e. The molecule has 0 aliphatic heterocycles. The molecule has 0 atom stereocenters. The third kappa shape index (κ3) is 4.45. The van der Waals surface area contributed by atoms with Gasteiger partial charge in [0.1, 0.15) is 0 Å². The van der Waals surface area contributed by atoms with Gasteiger partial charge in [0, 0.05) is 30.9 Å². The van der Waals surface area contributed by atoms with Crippen molar-refractivity contribution < 1.29 is 4.79 Å². The van der Waals surface area contributed by atoms with E-state index in [1.165, 1.54) is 22.8 Å². The number of rotatable bonds is 7. The van der Waals surface area contributed by atoms with E-state index in [2.05, 4.69) is 27.6 Å². The number of hydrogen-bond donors (Lipinski definition) is 2. The molecule has 3 aromatic rings. The molecule has 7 nitrogen and oxygen atoms in total. The quantitative estimate of drug-likeness (QED) is 0.667. The monoisotopic (exact) mass is 371 g/mol. The van der Waals surface area contributed by atoms with E-state index in [0.717, 1.165) is 36.2 Å². The van der Waals surface area contributed by atoms with Crippen molar-refractivity contribution in [3.8, 4) is 0 Å². The number of carbonyl (C=O) groups is 1. The lowest BCUT2D eigenvalue weighted by Gasteiger charge is -2.05. The lowest BCUT2D eigenvalue weighted by Crippen LogP contribution is -2.15. The number of carbonyl (C=O) groups excluding carboxylic acids is 1. The van der Waals surface area contributed by atoms with Crippen LogP contribution < -0.4 is 16.2 Å². The van der Waals surface area contributed by atoms with Crippen LogP contribution in [0, 0.1) is 0 Å². The highest BCUT2D eigenvalue weighted by Crippen LogP contribution is 2.17. The number of hydrogen-bond acceptors (Lipinski definition) is 6. The smallest absolute Gasteiger partial charge is 0.275 e. The Morgan fingerprint density at radius 2 is 2.00 bits per heavy atom. The van der Waals surface area contributed by atoms with Gasteiger partial charge >= 0.3 is 0 Å². The van der Waals surface area contributed by atoms with Gasteiger partial charge in [0.25, 0.3) is 5.56 Å². The molecule has 2 N–H and O–H groups in total. The van der Waals surface area contributed by atoms with Gasteiger partial charge in [0.2, 0.25) is 16.0 Å². The third-order valence-corrected chi connectivity index (χ3v) is 4.63. The van der Waals surface area contributed by atoms with Crippen LogP contribution in [0.3, 0.4) is 0 Å². The first kappa shape index (κ1) is 18.1. The minimum absolute atomic E-state index is 0.0822. The highest BCUT2D eigenvalue weighted by Gasteiger charge is 2.08. The molecular formula is C18H21N5O2S. The van der Waals surface area contributed by atoms with Crippen molar-refractivity contribution in [3.05, 3.63) is 51.9 Å². The summed E-state index contributed by atoms with van der Waals surface area (Å²) in [6, 6.07) is 9.28. The first-order valence-electron chi connectivity index (χ1n) is 8.55. The number of nitrogens with zero attached hydrogens (tertiary/aromatic N) is 3. The fourth-order valence-corrected chi connectivity index (χ4v) is 3.43. The maximum atomic E-state index is 12.1. The van der Waals surface area contributed by atoms with Crippen LogP contribution in [0.1, 0.15) is 31.5 Å². The molecule has 0 radical (unpaired) electrons. The second-order valence-electron chi connectivity index (χ2n) is 5.99. The van der Waals surface area contributed by atoms with E-state index in [1.807, 2.05) is 24.3 Å². The predicted octanol–water partition coefficient (Wildman–Crippen LogP) is 2.72. The Balaban J connectivity index is 1.62. The summed E-state index contributed by atoms with van der Waals surface area (Å²) >= 11 is 1.38. The van der Waals surface area contributed by atoms with E-state index in [0.29, 0.717) is 16.6 Å². The number of aromatic nitrogens is 3. The normalized spacial score (nSPS) is 10.8. The lowest BCUT2D eigenvalue weighted by atomic mass is 10.1. The van der Waals surface area contributed by atoms with Crippen LogP contribution in [-0.4, -0.2) is 27.0 Å². The molecule has 8 heteroatoms. The summed E-state index contributed by atoms with van der Waals surface area (Å²) in [5, 5.41) is 11.0. The zero-order valence-electron chi connectivity index (χ0n) is 14.8. The van der Waals surface area contributed by atoms with Crippen molar-refractivity contribution in [1.82, 2.24) is 14.6 Å². The molecule has 0 bridgehead atoms. The van der Waals surface area contributed by atoms with Gasteiger partial charge < -0.3 is 10.6 Å². The molecule has 0 aliphatic carbocycles. The Morgan fingerprint density at radius 1 is 1.23 bits per heavy atom. The van der Waals surface area contributed by atoms with Crippen LogP contribution in [0.2, 0.25) is 0 Å². The van der Waals surface area contributed by atoms with Gasteiger partial charge in [0.05, 0.1) is 0 Å². The van der Waals surface area contributed by atoms with Crippen molar-refractivity contribution in [2.75, 3.05) is 17.2 Å². The molecule has 2 aromatic heterocycles. The highest BCUT2D eigenvalue weighted by atomic mass is 32.1. The number of nitrogens with one attached hydrogen (secondary N) is 2. The van der Waals surface area contributed by atoms with E-state index in [9.17, 15) is 9.59 Å². The number of amides is 1. The average molecular weight is 371 g/mol. The van der Waals surface area contributed by atoms with Crippen molar-refractivity contribution in [1.29, 1.82) is 0 Å². The Morgan fingerprint density at radius 3 is 2.69 bits per heavy atom. The summed E-state index contributed by atoms with van der Waals surface area (Å²) in [4.78, 5) is 28.2. The topological polar surface area (TPSA) is 88.4 Å².